The van der Waals surface area contributed by atoms with E-state index in [1.165, 1.54) is 18.2 Å². The zero-order valence-electron chi connectivity index (χ0n) is 19.6. The summed E-state index contributed by atoms with van der Waals surface area (Å²) >= 11 is 12.2. The molecule has 1 aliphatic rings. The Morgan fingerprint density at radius 1 is 1.19 bits per heavy atom. The predicted molar refractivity (Wildman–Crippen MR) is 133 cm³/mol. The molecule has 1 aliphatic carbocycles. The number of anilines is 1. The molecule has 0 saturated heterocycles. The van der Waals surface area contributed by atoms with Crippen molar-refractivity contribution in [2.75, 3.05) is 5.32 Å². The number of rotatable bonds is 7. The van der Waals surface area contributed by atoms with E-state index in [1.54, 1.807) is 17.6 Å². The molecule has 2 N–H and O–H groups in total. The van der Waals surface area contributed by atoms with Crippen LogP contribution >= 0.6 is 23.2 Å². The summed E-state index contributed by atoms with van der Waals surface area (Å²) in [5.74, 6) is -3.35. The third-order valence-corrected chi connectivity index (χ3v) is 6.53. The third kappa shape index (κ3) is 7.01. The second-order valence-corrected chi connectivity index (χ2v) is 9.22. The normalized spacial score (nSPS) is 15.2. The van der Waals surface area contributed by atoms with E-state index in [0.29, 0.717) is 17.9 Å². The van der Waals surface area contributed by atoms with Crippen LogP contribution in [-0.4, -0.2) is 33.8 Å². The number of aromatic nitrogens is 2. The molecule has 1 heterocycles. The minimum Gasteiger partial charge on any atom is -0.352 e. The van der Waals surface area contributed by atoms with E-state index in [1.807, 2.05) is 31.2 Å². The highest BCUT2D eigenvalue weighted by Gasteiger charge is 2.46. The lowest BCUT2D eigenvalue weighted by molar-refractivity contribution is -0.130. The summed E-state index contributed by atoms with van der Waals surface area (Å²) in [4.78, 5) is 26.8. The summed E-state index contributed by atoms with van der Waals surface area (Å²) in [5.41, 5.74) is 2.22. The van der Waals surface area contributed by atoms with E-state index in [-0.39, 0.29) is 41.4 Å². The molecule has 6 nitrogen and oxygen atoms in total. The topological polar surface area (TPSA) is 76.0 Å². The van der Waals surface area contributed by atoms with Gasteiger partial charge in [-0.25, -0.2) is 18.2 Å². The van der Waals surface area contributed by atoms with Crippen LogP contribution < -0.4 is 10.6 Å². The van der Waals surface area contributed by atoms with Crippen molar-refractivity contribution in [2.45, 2.75) is 51.1 Å². The molecule has 1 fully saturated rings. The second kappa shape index (κ2) is 11.8. The highest BCUT2D eigenvalue weighted by molar-refractivity contribution is 6.40. The number of carbonyl (C=O) groups is 2. The minimum absolute atomic E-state index is 0.173. The van der Waals surface area contributed by atoms with Crippen LogP contribution in [-0.2, 0) is 16.1 Å². The Bertz CT molecular complexity index is 1230. The average molecular weight is 541 g/mol. The Labute approximate surface area is 216 Å². The highest BCUT2D eigenvalue weighted by atomic mass is 35.5. The number of alkyl halides is 2. The largest absolute Gasteiger partial charge is 0.352 e. The summed E-state index contributed by atoms with van der Waals surface area (Å²) in [5, 5.41) is 5.49. The van der Waals surface area contributed by atoms with Crippen molar-refractivity contribution in [2.24, 2.45) is 0 Å². The van der Waals surface area contributed by atoms with Crippen LogP contribution in [0.25, 0.3) is 0 Å². The molecule has 1 unspecified atom stereocenters. The minimum atomic E-state index is -2.69. The summed E-state index contributed by atoms with van der Waals surface area (Å²) in [6, 6.07) is 12.7. The first-order chi connectivity index (χ1) is 17.0. The molecule has 0 aliphatic heterocycles. The molecular formula is C25H25Cl2F3N4O2. The molecule has 2 amide bonds. The van der Waals surface area contributed by atoms with Crippen LogP contribution in [0, 0.1) is 19.7 Å². The van der Waals surface area contributed by atoms with Gasteiger partial charge in [-0.3, -0.25) is 9.59 Å². The van der Waals surface area contributed by atoms with Crippen LogP contribution in [0.2, 0.25) is 10.3 Å². The number of nitrogens with one attached hydrogen (secondary N) is 2. The lowest BCUT2D eigenvalue weighted by Crippen LogP contribution is -2.51. The van der Waals surface area contributed by atoms with E-state index in [0.717, 1.165) is 11.1 Å². The molecule has 0 spiro atoms. The van der Waals surface area contributed by atoms with Gasteiger partial charge in [0.25, 0.3) is 5.92 Å². The molecule has 2 aromatic carbocycles. The van der Waals surface area contributed by atoms with Gasteiger partial charge < -0.3 is 15.2 Å². The quantitative estimate of drug-likeness (QED) is 0.366. The fourth-order valence-electron chi connectivity index (χ4n) is 3.91. The summed E-state index contributed by atoms with van der Waals surface area (Å²) in [7, 11) is 0. The number of amides is 2. The predicted octanol–water partition coefficient (Wildman–Crippen LogP) is 5.90. The zero-order valence-corrected chi connectivity index (χ0v) is 21.1. The van der Waals surface area contributed by atoms with Gasteiger partial charge in [-0.05, 0) is 43.2 Å². The monoisotopic (exact) mass is 540 g/mol. The van der Waals surface area contributed by atoms with Crippen molar-refractivity contribution in [3.8, 4) is 0 Å². The van der Waals surface area contributed by atoms with Gasteiger partial charge in [-0.1, -0.05) is 53.5 Å². The Morgan fingerprint density at radius 3 is 2.44 bits per heavy atom. The molecule has 1 saturated carbocycles. The van der Waals surface area contributed by atoms with E-state index in [9.17, 15) is 22.8 Å². The molecule has 1 atom stereocenters. The smallest absolute Gasteiger partial charge is 0.252 e. The maximum absolute atomic E-state index is 13.1. The van der Waals surface area contributed by atoms with Crippen LogP contribution in [0.3, 0.4) is 0 Å². The van der Waals surface area contributed by atoms with Gasteiger partial charge in [0, 0.05) is 31.1 Å². The Kier molecular flexibility index (Phi) is 9.03. The van der Waals surface area contributed by atoms with Gasteiger partial charge in [0.15, 0.2) is 5.15 Å². The SMILES string of the molecule is Cc1ccccc1C(Cn1c(C)nc(Cl)c1Cl)C(=O)NC1CC(F)(F)C1.O=CNc1cccc(F)c1. The molecule has 192 valence electrons. The van der Waals surface area contributed by atoms with Gasteiger partial charge in [0.2, 0.25) is 12.3 Å². The fourth-order valence-corrected chi connectivity index (χ4v) is 4.37. The van der Waals surface area contributed by atoms with E-state index < -0.39 is 17.9 Å². The first-order valence-electron chi connectivity index (χ1n) is 11.1. The van der Waals surface area contributed by atoms with Crippen LogP contribution in [0.5, 0.6) is 0 Å². The summed E-state index contributed by atoms with van der Waals surface area (Å²) in [6.07, 6.45) is -0.138. The van der Waals surface area contributed by atoms with Gasteiger partial charge in [0.05, 0.1) is 5.92 Å². The van der Waals surface area contributed by atoms with Crippen molar-refractivity contribution in [1.82, 2.24) is 14.9 Å². The Balaban J connectivity index is 0.000000303. The molecule has 3 aromatic rings. The number of imidazole rings is 1. The van der Waals surface area contributed by atoms with Crippen LogP contribution in [0.15, 0.2) is 48.5 Å². The lowest BCUT2D eigenvalue weighted by atomic mass is 9.86. The molecule has 0 radical (unpaired) electrons. The number of hydrogen-bond donors (Lipinski definition) is 2. The van der Waals surface area contributed by atoms with Crippen LogP contribution in [0.4, 0.5) is 18.9 Å². The molecule has 4 rings (SSSR count). The van der Waals surface area contributed by atoms with Crippen molar-refractivity contribution in [3.63, 3.8) is 0 Å². The van der Waals surface area contributed by atoms with Gasteiger partial charge >= 0.3 is 0 Å². The first-order valence-corrected chi connectivity index (χ1v) is 11.8. The Morgan fingerprint density at radius 2 is 1.89 bits per heavy atom. The zero-order chi connectivity index (χ0) is 26.5. The maximum atomic E-state index is 13.1. The maximum Gasteiger partial charge on any atom is 0.252 e. The standard InChI is InChI=1S/C18H19Cl2F2N3O.C7H6FNO/c1-10-5-3-4-6-13(10)14(9-25-11(2)23-15(19)16(25)20)17(26)24-12-7-18(21,22)8-12;8-6-2-1-3-7(4-6)9-5-10/h3-6,12,14H,7-9H2,1-2H3,(H,24,26);1-5H,(H,9,10). The molecular weight excluding hydrogens is 516 g/mol. The number of hydrogen-bond acceptors (Lipinski definition) is 3. The number of nitrogens with zero attached hydrogens (tertiary/aromatic N) is 2. The van der Waals surface area contributed by atoms with Crippen molar-refractivity contribution in [3.05, 3.63) is 81.6 Å². The number of carbonyl (C=O) groups excluding carboxylic acids is 2. The van der Waals surface area contributed by atoms with Crippen molar-refractivity contribution >= 4 is 41.2 Å². The van der Waals surface area contributed by atoms with Gasteiger partial charge in [0.1, 0.15) is 16.8 Å². The summed E-state index contributed by atoms with van der Waals surface area (Å²) in [6.45, 7) is 3.88. The van der Waals surface area contributed by atoms with Crippen molar-refractivity contribution < 1.29 is 22.8 Å². The average Bonchev–Trinajstić information content (AvgIpc) is 3.03. The van der Waals surface area contributed by atoms with Gasteiger partial charge in [-0.2, -0.15) is 0 Å². The molecule has 36 heavy (non-hydrogen) atoms. The van der Waals surface area contributed by atoms with E-state index in [4.69, 9.17) is 23.2 Å². The fraction of sp³-hybridized carbons (Fsp3) is 0.320. The third-order valence-electron chi connectivity index (χ3n) is 5.79. The molecule has 0 bridgehead atoms. The van der Waals surface area contributed by atoms with Crippen molar-refractivity contribution in [1.29, 1.82) is 0 Å². The second-order valence-electron chi connectivity index (χ2n) is 8.50. The van der Waals surface area contributed by atoms with Crippen LogP contribution in [0.1, 0.15) is 35.7 Å². The Hall–Kier alpha value is -3.04. The first kappa shape index (κ1) is 27.5. The highest BCUT2D eigenvalue weighted by Crippen LogP contribution is 2.38. The molecule has 11 heteroatoms. The number of benzene rings is 2. The van der Waals surface area contributed by atoms with Gasteiger partial charge in [-0.15, -0.1) is 0 Å². The number of halogens is 5. The van der Waals surface area contributed by atoms with E-state index in [2.05, 4.69) is 15.6 Å². The number of aryl methyl sites for hydroxylation is 2. The molecule has 1 aromatic heterocycles. The summed E-state index contributed by atoms with van der Waals surface area (Å²) < 4.78 is 40.2. The lowest BCUT2D eigenvalue weighted by Gasteiger charge is -2.36. The van der Waals surface area contributed by atoms with E-state index >= 15 is 0 Å².